The average Bonchev–Trinajstić information content (AvgIpc) is 3.23. The van der Waals surface area contributed by atoms with E-state index in [0.717, 1.165) is 55.5 Å². The van der Waals surface area contributed by atoms with Gasteiger partial charge in [0, 0.05) is 32.6 Å². The van der Waals surface area contributed by atoms with Crippen molar-refractivity contribution in [2.45, 2.75) is 26.7 Å². The Labute approximate surface area is 194 Å². The molecule has 31 heavy (non-hydrogen) atoms. The molecule has 1 fully saturated rings. The highest BCUT2D eigenvalue weighted by Gasteiger charge is 2.22. The Morgan fingerprint density at radius 1 is 1.10 bits per heavy atom. The van der Waals surface area contributed by atoms with Crippen LogP contribution in [0.4, 0.5) is 5.13 Å². The van der Waals surface area contributed by atoms with Crippen LogP contribution in [0.3, 0.4) is 0 Å². The molecule has 2 heterocycles. The van der Waals surface area contributed by atoms with Crippen molar-refractivity contribution in [3.63, 3.8) is 0 Å². The van der Waals surface area contributed by atoms with E-state index in [9.17, 15) is 4.79 Å². The van der Waals surface area contributed by atoms with Crippen LogP contribution in [0.1, 0.15) is 23.1 Å². The summed E-state index contributed by atoms with van der Waals surface area (Å²) < 4.78 is 6.64. The zero-order chi connectivity index (χ0) is 20.9. The van der Waals surface area contributed by atoms with Gasteiger partial charge in [-0.25, -0.2) is 4.98 Å². The van der Waals surface area contributed by atoms with Crippen LogP contribution in [0.5, 0.6) is 0 Å². The predicted molar refractivity (Wildman–Crippen MR) is 131 cm³/mol. The first-order valence-electron chi connectivity index (χ1n) is 10.6. The lowest BCUT2D eigenvalue weighted by Crippen LogP contribution is -2.43. The minimum absolute atomic E-state index is 0. The number of benzene rings is 2. The topological polar surface area (TPSA) is 45.7 Å². The number of fused-ring (bicyclic) bond motifs is 1. The van der Waals surface area contributed by atoms with Crippen molar-refractivity contribution in [2.75, 3.05) is 44.3 Å². The maximum Gasteiger partial charge on any atom is 0.229 e. The van der Waals surface area contributed by atoms with E-state index in [-0.39, 0.29) is 18.3 Å². The normalized spacial score (nSPS) is 14.4. The third-order valence-corrected chi connectivity index (χ3v) is 6.89. The molecule has 0 N–H and O–H groups in total. The molecular weight excluding hydrogens is 430 g/mol. The van der Waals surface area contributed by atoms with Gasteiger partial charge in [0.2, 0.25) is 5.91 Å². The van der Waals surface area contributed by atoms with E-state index in [1.165, 1.54) is 15.8 Å². The second-order valence-electron chi connectivity index (χ2n) is 7.86. The van der Waals surface area contributed by atoms with Gasteiger partial charge >= 0.3 is 0 Å². The molecule has 0 bridgehead atoms. The fraction of sp³-hybridized carbons (Fsp3) is 0.417. The molecule has 0 unspecified atom stereocenters. The van der Waals surface area contributed by atoms with Gasteiger partial charge < -0.3 is 4.74 Å². The molecule has 7 heteroatoms. The number of aromatic nitrogens is 1. The number of carbonyl (C=O) groups excluding carboxylic acids is 1. The monoisotopic (exact) mass is 459 g/mol. The standard InChI is InChI=1S/C24H29N3O2S.ClH/c1-18-8-9-19(2)23-22(18)25-24(30-23)27(13-12-26-14-16-29-17-15-26)21(28)11-10-20-6-4-3-5-7-20;/h3-9H,10-17H2,1-2H3;1H. The Balaban J connectivity index is 0.00000272. The van der Waals surface area contributed by atoms with Crippen LogP contribution < -0.4 is 4.90 Å². The molecule has 5 nitrogen and oxygen atoms in total. The van der Waals surface area contributed by atoms with E-state index in [1.807, 2.05) is 23.1 Å². The van der Waals surface area contributed by atoms with E-state index >= 15 is 0 Å². The molecule has 1 amide bonds. The number of nitrogens with zero attached hydrogens (tertiary/aromatic N) is 3. The number of anilines is 1. The smallest absolute Gasteiger partial charge is 0.229 e. The lowest BCUT2D eigenvalue weighted by atomic mass is 10.1. The van der Waals surface area contributed by atoms with Gasteiger partial charge in [-0.1, -0.05) is 53.8 Å². The van der Waals surface area contributed by atoms with Gasteiger partial charge in [-0.05, 0) is 37.0 Å². The molecule has 0 saturated carbocycles. The van der Waals surface area contributed by atoms with Gasteiger partial charge in [0.25, 0.3) is 0 Å². The van der Waals surface area contributed by atoms with Gasteiger partial charge in [0.15, 0.2) is 5.13 Å². The van der Waals surface area contributed by atoms with Crippen LogP contribution in [0, 0.1) is 13.8 Å². The zero-order valence-corrected chi connectivity index (χ0v) is 19.8. The lowest BCUT2D eigenvalue weighted by molar-refractivity contribution is -0.118. The van der Waals surface area contributed by atoms with Gasteiger partial charge in [-0.2, -0.15) is 0 Å². The number of hydrogen-bond donors (Lipinski definition) is 0. The molecule has 0 aliphatic carbocycles. The summed E-state index contributed by atoms with van der Waals surface area (Å²) in [6, 6.07) is 14.5. The molecule has 1 aliphatic heterocycles. The quantitative estimate of drug-likeness (QED) is 0.516. The van der Waals surface area contributed by atoms with E-state index in [4.69, 9.17) is 9.72 Å². The summed E-state index contributed by atoms with van der Waals surface area (Å²) in [6.07, 6.45) is 1.23. The Morgan fingerprint density at radius 2 is 1.81 bits per heavy atom. The van der Waals surface area contributed by atoms with Crippen molar-refractivity contribution in [3.05, 3.63) is 59.2 Å². The number of aryl methyl sites for hydroxylation is 3. The molecule has 0 spiro atoms. The van der Waals surface area contributed by atoms with Crippen molar-refractivity contribution in [3.8, 4) is 0 Å². The van der Waals surface area contributed by atoms with Crippen molar-refractivity contribution < 1.29 is 9.53 Å². The number of rotatable bonds is 7. The zero-order valence-electron chi connectivity index (χ0n) is 18.2. The van der Waals surface area contributed by atoms with E-state index in [0.29, 0.717) is 13.0 Å². The summed E-state index contributed by atoms with van der Waals surface area (Å²) in [5.74, 6) is 0.140. The summed E-state index contributed by atoms with van der Waals surface area (Å²) >= 11 is 1.63. The van der Waals surface area contributed by atoms with E-state index < -0.39 is 0 Å². The molecule has 0 atom stereocenters. The van der Waals surface area contributed by atoms with Crippen molar-refractivity contribution in [1.29, 1.82) is 0 Å². The summed E-state index contributed by atoms with van der Waals surface area (Å²) in [4.78, 5) is 22.4. The van der Waals surface area contributed by atoms with Gasteiger partial charge in [-0.3, -0.25) is 14.6 Å². The highest BCUT2D eigenvalue weighted by molar-refractivity contribution is 7.22. The average molecular weight is 460 g/mol. The second kappa shape index (κ2) is 11.0. The first-order chi connectivity index (χ1) is 14.6. The Morgan fingerprint density at radius 3 is 2.52 bits per heavy atom. The van der Waals surface area contributed by atoms with Crippen LogP contribution in [-0.2, 0) is 16.0 Å². The Kier molecular flexibility index (Phi) is 8.43. The van der Waals surface area contributed by atoms with E-state index in [2.05, 4.69) is 43.0 Å². The number of halogens is 1. The van der Waals surface area contributed by atoms with E-state index in [1.54, 1.807) is 11.3 Å². The second-order valence-corrected chi connectivity index (χ2v) is 8.84. The molecule has 1 saturated heterocycles. The van der Waals surface area contributed by atoms with Gasteiger partial charge in [0.1, 0.15) is 0 Å². The Hall–Kier alpha value is -1.99. The number of morpholine rings is 1. The third-order valence-electron chi connectivity index (χ3n) is 5.68. The molecule has 1 aliphatic rings. The largest absolute Gasteiger partial charge is 0.379 e. The molecule has 166 valence electrons. The maximum absolute atomic E-state index is 13.3. The third kappa shape index (κ3) is 5.83. The van der Waals surface area contributed by atoms with Crippen LogP contribution in [0.15, 0.2) is 42.5 Å². The molecule has 0 radical (unpaired) electrons. The lowest BCUT2D eigenvalue weighted by Gasteiger charge is -2.29. The fourth-order valence-corrected chi connectivity index (χ4v) is 4.94. The highest BCUT2D eigenvalue weighted by Crippen LogP contribution is 2.33. The number of thiazole rings is 1. The number of ether oxygens (including phenoxy) is 1. The minimum Gasteiger partial charge on any atom is -0.379 e. The number of amides is 1. The van der Waals surface area contributed by atoms with Crippen LogP contribution in [0.25, 0.3) is 10.2 Å². The molecular formula is C24H30ClN3O2S. The van der Waals surface area contributed by atoms with Crippen LogP contribution in [0.2, 0.25) is 0 Å². The molecule has 3 aromatic rings. The number of hydrogen-bond acceptors (Lipinski definition) is 5. The number of carbonyl (C=O) groups is 1. The summed E-state index contributed by atoms with van der Waals surface area (Å²) in [7, 11) is 0. The summed E-state index contributed by atoms with van der Waals surface area (Å²) in [5.41, 5.74) is 4.57. The van der Waals surface area contributed by atoms with Crippen molar-refractivity contribution in [2.24, 2.45) is 0 Å². The van der Waals surface area contributed by atoms with Gasteiger partial charge in [-0.15, -0.1) is 12.4 Å². The first-order valence-corrected chi connectivity index (χ1v) is 11.4. The maximum atomic E-state index is 13.3. The SMILES string of the molecule is Cc1ccc(C)c2sc(N(CCN3CCOCC3)C(=O)CCc3ccccc3)nc12.Cl. The predicted octanol–water partition coefficient (Wildman–Crippen LogP) is 4.63. The Bertz CT molecular complexity index is 964. The summed E-state index contributed by atoms with van der Waals surface area (Å²) in [6.45, 7) is 9.07. The van der Waals surface area contributed by atoms with Crippen molar-refractivity contribution >= 4 is 45.0 Å². The van der Waals surface area contributed by atoms with Crippen LogP contribution in [-0.4, -0.2) is 55.2 Å². The minimum atomic E-state index is 0. The fourth-order valence-electron chi connectivity index (χ4n) is 3.79. The molecule has 2 aromatic carbocycles. The highest BCUT2D eigenvalue weighted by atomic mass is 35.5. The molecule has 4 rings (SSSR count). The molecule has 1 aromatic heterocycles. The van der Waals surface area contributed by atoms with Crippen LogP contribution >= 0.6 is 23.7 Å². The first kappa shape index (κ1) is 23.7. The summed E-state index contributed by atoms with van der Waals surface area (Å²) in [5, 5.41) is 0.814. The van der Waals surface area contributed by atoms with Crippen molar-refractivity contribution in [1.82, 2.24) is 9.88 Å². The van der Waals surface area contributed by atoms with Gasteiger partial charge in [0.05, 0.1) is 23.4 Å².